The van der Waals surface area contributed by atoms with Crippen molar-refractivity contribution >= 4 is 33.4 Å². The number of nitrogens with one attached hydrogen (secondary N) is 1. The minimum absolute atomic E-state index is 0.0413. The van der Waals surface area contributed by atoms with Crippen LogP contribution in [-0.2, 0) is 14.8 Å². The van der Waals surface area contributed by atoms with Crippen LogP contribution in [0.2, 0.25) is 0 Å². The Balaban J connectivity index is 1.88. The predicted molar refractivity (Wildman–Crippen MR) is 107 cm³/mol. The molecule has 0 aliphatic carbocycles. The molecule has 8 nitrogen and oxygen atoms in total. The van der Waals surface area contributed by atoms with Crippen LogP contribution < -0.4 is 10.1 Å². The Hall–Kier alpha value is -2.14. The van der Waals surface area contributed by atoms with Crippen LogP contribution in [0.1, 0.15) is 10.4 Å². The number of pyridine rings is 1. The average Bonchev–Trinajstić information content (AvgIpc) is 2.74. The zero-order valence-corrected chi connectivity index (χ0v) is 17.2. The highest BCUT2D eigenvalue weighted by Crippen LogP contribution is 2.28. The lowest BCUT2D eigenvalue weighted by Crippen LogP contribution is -2.40. The lowest BCUT2D eigenvalue weighted by molar-refractivity contribution is 0.0729. The molecule has 3 rings (SSSR count). The molecule has 1 aromatic heterocycles. The number of carbonyl (C=O) groups excluding carboxylic acids is 1. The Labute approximate surface area is 168 Å². The van der Waals surface area contributed by atoms with Crippen LogP contribution in [-0.4, -0.2) is 63.3 Å². The number of aromatic nitrogens is 1. The second kappa shape index (κ2) is 8.91. The summed E-state index contributed by atoms with van der Waals surface area (Å²) >= 11 is 1.50. The van der Waals surface area contributed by atoms with E-state index in [4.69, 9.17) is 9.47 Å². The number of rotatable bonds is 6. The van der Waals surface area contributed by atoms with Crippen LogP contribution in [0.4, 0.5) is 5.69 Å². The summed E-state index contributed by atoms with van der Waals surface area (Å²) in [5, 5.41) is 3.56. The van der Waals surface area contributed by atoms with Crippen LogP contribution in [0, 0.1) is 0 Å². The van der Waals surface area contributed by atoms with Crippen molar-refractivity contribution in [2.24, 2.45) is 0 Å². The van der Waals surface area contributed by atoms with Gasteiger partial charge >= 0.3 is 0 Å². The van der Waals surface area contributed by atoms with E-state index < -0.39 is 15.9 Å². The first kappa shape index (κ1) is 20.6. The van der Waals surface area contributed by atoms with Gasteiger partial charge in [-0.2, -0.15) is 4.31 Å². The van der Waals surface area contributed by atoms with Crippen LogP contribution in [0.15, 0.2) is 46.5 Å². The second-order valence-corrected chi connectivity index (χ2v) is 8.66. The maximum Gasteiger partial charge on any atom is 0.255 e. The van der Waals surface area contributed by atoms with E-state index in [0.29, 0.717) is 18.9 Å². The summed E-state index contributed by atoms with van der Waals surface area (Å²) in [7, 11) is -2.41. The van der Waals surface area contributed by atoms with Gasteiger partial charge in [0.2, 0.25) is 10.0 Å². The number of methoxy groups -OCH3 is 1. The molecule has 0 spiro atoms. The van der Waals surface area contributed by atoms with Gasteiger partial charge in [-0.05, 0) is 36.6 Å². The largest absolute Gasteiger partial charge is 0.495 e. The molecule has 2 heterocycles. The van der Waals surface area contributed by atoms with Crippen molar-refractivity contribution in [2.45, 2.75) is 9.92 Å². The minimum atomic E-state index is -3.81. The van der Waals surface area contributed by atoms with Gasteiger partial charge in [0.1, 0.15) is 10.6 Å². The molecule has 0 saturated carbocycles. The molecule has 0 radical (unpaired) electrons. The fourth-order valence-corrected chi connectivity index (χ4v) is 4.68. The number of ether oxygens (including phenoxy) is 2. The number of thioether (sulfide) groups is 1. The summed E-state index contributed by atoms with van der Waals surface area (Å²) in [6, 6.07) is 7.88. The lowest BCUT2D eigenvalue weighted by Gasteiger charge is -2.26. The third kappa shape index (κ3) is 4.46. The number of hydrogen-bond acceptors (Lipinski definition) is 7. The van der Waals surface area contributed by atoms with E-state index in [-0.39, 0.29) is 29.3 Å². The monoisotopic (exact) mass is 423 g/mol. The Kier molecular flexibility index (Phi) is 6.55. The molecular formula is C18H21N3O5S2. The second-order valence-electron chi connectivity index (χ2n) is 5.93. The van der Waals surface area contributed by atoms with Crippen molar-refractivity contribution in [3.8, 4) is 5.75 Å². The summed E-state index contributed by atoms with van der Waals surface area (Å²) in [6.07, 6.45) is 3.47. The third-order valence-electron chi connectivity index (χ3n) is 4.22. The molecule has 1 aliphatic rings. The molecule has 1 amide bonds. The Bertz CT molecular complexity index is 942. The summed E-state index contributed by atoms with van der Waals surface area (Å²) in [5.74, 6) is -0.242. The fraction of sp³-hybridized carbons (Fsp3) is 0.333. The highest BCUT2D eigenvalue weighted by Gasteiger charge is 2.30. The highest BCUT2D eigenvalue weighted by atomic mass is 32.2. The Morgan fingerprint density at radius 2 is 2.00 bits per heavy atom. The van der Waals surface area contributed by atoms with Gasteiger partial charge in [0.25, 0.3) is 5.91 Å². The molecule has 150 valence electrons. The zero-order valence-electron chi connectivity index (χ0n) is 15.5. The van der Waals surface area contributed by atoms with Crippen LogP contribution >= 0.6 is 11.8 Å². The van der Waals surface area contributed by atoms with Crippen molar-refractivity contribution < 1.29 is 22.7 Å². The van der Waals surface area contributed by atoms with Gasteiger partial charge in [0.15, 0.2) is 0 Å². The first-order valence-electron chi connectivity index (χ1n) is 8.53. The predicted octanol–water partition coefficient (Wildman–Crippen LogP) is 2.09. The van der Waals surface area contributed by atoms with Crippen molar-refractivity contribution in [3.05, 3.63) is 42.1 Å². The van der Waals surface area contributed by atoms with E-state index in [1.807, 2.05) is 6.26 Å². The van der Waals surface area contributed by atoms with Crippen molar-refractivity contribution in [1.29, 1.82) is 0 Å². The zero-order chi connectivity index (χ0) is 20.1. The number of amides is 1. The average molecular weight is 424 g/mol. The number of sulfonamides is 1. The number of anilines is 1. The van der Waals surface area contributed by atoms with Crippen LogP contribution in [0.3, 0.4) is 0 Å². The molecule has 10 heteroatoms. The molecule has 1 aromatic carbocycles. The van der Waals surface area contributed by atoms with Crippen LogP contribution in [0.5, 0.6) is 5.75 Å². The first-order valence-corrected chi connectivity index (χ1v) is 11.2. The quantitative estimate of drug-likeness (QED) is 0.711. The molecule has 2 aromatic rings. The third-order valence-corrected chi connectivity index (χ3v) is 6.80. The minimum Gasteiger partial charge on any atom is -0.495 e. The van der Waals surface area contributed by atoms with Crippen LogP contribution in [0.25, 0.3) is 0 Å². The fourth-order valence-electron chi connectivity index (χ4n) is 2.72. The topological polar surface area (TPSA) is 97.8 Å². The number of carbonyl (C=O) groups is 1. The molecule has 1 saturated heterocycles. The smallest absolute Gasteiger partial charge is 0.255 e. The highest BCUT2D eigenvalue weighted by molar-refractivity contribution is 7.98. The van der Waals surface area contributed by atoms with Crippen molar-refractivity contribution in [3.63, 3.8) is 0 Å². The van der Waals surface area contributed by atoms with E-state index >= 15 is 0 Å². The van der Waals surface area contributed by atoms with Crippen molar-refractivity contribution in [1.82, 2.24) is 9.29 Å². The van der Waals surface area contributed by atoms with Gasteiger partial charge in [-0.3, -0.25) is 4.79 Å². The van der Waals surface area contributed by atoms with Gasteiger partial charge < -0.3 is 14.8 Å². The molecule has 1 aliphatic heterocycles. The van der Waals surface area contributed by atoms with E-state index in [1.165, 1.54) is 41.4 Å². The Morgan fingerprint density at radius 3 is 2.61 bits per heavy atom. The van der Waals surface area contributed by atoms with Crippen molar-refractivity contribution in [2.75, 3.05) is 45.0 Å². The van der Waals surface area contributed by atoms with Gasteiger partial charge in [-0.25, -0.2) is 13.4 Å². The summed E-state index contributed by atoms with van der Waals surface area (Å²) < 4.78 is 37.8. The number of benzene rings is 1. The van der Waals surface area contributed by atoms with E-state index in [9.17, 15) is 13.2 Å². The maximum absolute atomic E-state index is 13.0. The first-order chi connectivity index (χ1) is 13.5. The maximum atomic E-state index is 13.0. The lowest BCUT2D eigenvalue weighted by atomic mass is 10.2. The van der Waals surface area contributed by atoms with E-state index in [1.54, 1.807) is 18.3 Å². The van der Waals surface area contributed by atoms with Gasteiger partial charge in [0, 0.05) is 18.7 Å². The number of hydrogen-bond donors (Lipinski definition) is 1. The SMILES string of the molecule is COc1ccc(C(=O)Nc2ccc(SC)nc2)cc1S(=O)(=O)N1CCOCC1. The molecule has 0 bridgehead atoms. The number of nitrogens with zero attached hydrogens (tertiary/aromatic N) is 2. The normalized spacial score (nSPS) is 15.2. The van der Waals surface area contributed by atoms with Gasteiger partial charge in [-0.1, -0.05) is 0 Å². The Morgan fingerprint density at radius 1 is 1.25 bits per heavy atom. The molecular weight excluding hydrogens is 402 g/mol. The van der Waals surface area contributed by atoms with Gasteiger partial charge in [-0.15, -0.1) is 11.8 Å². The van der Waals surface area contributed by atoms with Gasteiger partial charge in [0.05, 0.1) is 37.2 Å². The molecule has 0 atom stereocenters. The standard InChI is InChI=1S/C18H21N3O5S2/c1-25-15-5-3-13(18(22)20-14-4-6-17(27-2)19-12-14)11-16(15)28(23,24)21-7-9-26-10-8-21/h3-6,11-12H,7-10H2,1-2H3,(H,20,22). The molecule has 1 N–H and O–H groups in total. The van der Waals surface area contributed by atoms with E-state index in [0.717, 1.165) is 5.03 Å². The molecule has 0 unspecified atom stereocenters. The summed E-state index contributed by atoms with van der Waals surface area (Å²) in [4.78, 5) is 16.8. The number of morpholine rings is 1. The van der Waals surface area contributed by atoms with E-state index in [2.05, 4.69) is 10.3 Å². The molecule has 1 fully saturated rings. The summed E-state index contributed by atoms with van der Waals surface area (Å²) in [5.41, 5.74) is 0.734. The molecule has 28 heavy (non-hydrogen) atoms. The summed E-state index contributed by atoms with van der Waals surface area (Å²) in [6.45, 7) is 1.19.